The normalized spacial score (nSPS) is 18.5. The topological polar surface area (TPSA) is 81.1 Å². The summed E-state index contributed by atoms with van der Waals surface area (Å²) in [5, 5.41) is 7.44. The van der Waals surface area contributed by atoms with E-state index in [1.54, 1.807) is 10.7 Å². The van der Waals surface area contributed by atoms with E-state index >= 15 is 0 Å². The van der Waals surface area contributed by atoms with E-state index in [4.69, 9.17) is 0 Å². The number of rotatable bonds is 6. The first-order valence-electron chi connectivity index (χ1n) is 9.82. The van der Waals surface area contributed by atoms with Crippen molar-refractivity contribution in [1.82, 2.24) is 15.1 Å². The summed E-state index contributed by atoms with van der Waals surface area (Å²) in [6, 6.07) is 7.64. The van der Waals surface area contributed by atoms with Crippen molar-refractivity contribution in [2.45, 2.75) is 46.6 Å². The highest BCUT2D eigenvalue weighted by Gasteiger charge is 2.32. The molecule has 1 saturated heterocycles. The van der Waals surface area contributed by atoms with Crippen LogP contribution in [0.25, 0.3) is 11.3 Å². The van der Waals surface area contributed by atoms with Gasteiger partial charge in [0, 0.05) is 12.1 Å². The molecule has 7 heteroatoms. The van der Waals surface area contributed by atoms with Gasteiger partial charge in [0.2, 0.25) is 0 Å². The highest BCUT2D eigenvalue weighted by Crippen LogP contribution is 2.31. The summed E-state index contributed by atoms with van der Waals surface area (Å²) in [7, 11) is -3.05. The van der Waals surface area contributed by atoms with Gasteiger partial charge in [0.25, 0.3) is 5.91 Å². The Labute approximate surface area is 167 Å². The first-order chi connectivity index (χ1) is 13.2. The van der Waals surface area contributed by atoms with E-state index in [2.05, 4.69) is 30.3 Å². The van der Waals surface area contributed by atoms with Crippen LogP contribution in [0.15, 0.2) is 24.3 Å². The molecular formula is C21H29N3O3S. The van der Waals surface area contributed by atoms with Gasteiger partial charge in [0.1, 0.15) is 0 Å². The monoisotopic (exact) mass is 403 g/mol. The minimum absolute atomic E-state index is 0.0704. The third kappa shape index (κ3) is 4.63. The molecule has 0 bridgehead atoms. The summed E-state index contributed by atoms with van der Waals surface area (Å²) in [4.78, 5) is 12.6. The van der Waals surface area contributed by atoms with E-state index in [0.29, 0.717) is 24.6 Å². The van der Waals surface area contributed by atoms with Crippen molar-refractivity contribution >= 4 is 15.7 Å². The first kappa shape index (κ1) is 20.6. The fourth-order valence-electron chi connectivity index (χ4n) is 3.43. The molecule has 1 aliphatic heterocycles. The second kappa shape index (κ2) is 8.07. The van der Waals surface area contributed by atoms with Gasteiger partial charge in [-0.2, -0.15) is 5.10 Å². The maximum absolute atomic E-state index is 12.6. The van der Waals surface area contributed by atoms with Gasteiger partial charge in [0.05, 0.1) is 23.2 Å². The number of amides is 1. The van der Waals surface area contributed by atoms with Crippen molar-refractivity contribution in [2.75, 3.05) is 18.1 Å². The molecule has 3 rings (SSSR count). The first-order valence-corrected chi connectivity index (χ1v) is 11.6. The molecule has 152 valence electrons. The number of aryl methyl sites for hydroxylation is 2. The SMILES string of the molecule is Cc1ccc(-c2cc(C(=O)NCCC(C)C)nn2C2CCS(=O)(=O)C2)cc1C. The zero-order valence-electron chi connectivity index (χ0n) is 17.0. The predicted octanol–water partition coefficient (Wildman–Crippen LogP) is 3.30. The standard InChI is InChI=1S/C21H29N3O3S/c1-14(2)7-9-22-21(25)19-12-20(17-6-5-15(3)16(4)11-17)24(23-19)18-8-10-28(26,27)13-18/h5-6,11-12,14,18H,7-10,13H2,1-4H3,(H,22,25). The van der Waals surface area contributed by atoms with Gasteiger partial charge in [-0.05, 0) is 55.9 Å². The highest BCUT2D eigenvalue weighted by atomic mass is 32.2. The summed E-state index contributed by atoms with van der Waals surface area (Å²) in [5.74, 6) is 0.527. The average Bonchev–Trinajstić information content (AvgIpc) is 3.20. The van der Waals surface area contributed by atoms with Crippen LogP contribution in [0.2, 0.25) is 0 Å². The van der Waals surface area contributed by atoms with E-state index in [-0.39, 0.29) is 23.5 Å². The van der Waals surface area contributed by atoms with Crippen molar-refractivity contribution < 1.29 is 13.2 Å². The van der Waals surface area contributed by atoms with E-state index in [9.17, 15) is 13.2 Å². The van der Waals surface area contributed by atoms with Crippen LogP contribution in [0.4, 0.5) is 0 Å². The number of aromatic nitrogens is 2. The molecule has 1 fully saturated rings. The Morgan fingerprint density at radius 3 is 2.61 bits per heavy atom. The van der Waals surface area contributed by atoms with Crippen LogP contribution in [0.3, 0.4) is 0 Å². The molecule has 0 spiro atoms. The molecular weight excluding hydrogens is 374 g/mol. The largest absolute Gasteiger partial charge is 0.351 e. The summed E-state index contributed by atoms with van der Waals surface area (Å²) in [5.41, 5.74) is 4.40. The molecule has 0 radical (unpaired) electrons. The van der Waals surface area contributed by atoms with Gasteiger partial charge in [0.15, 0.2) is 15.5 Å². The van der Waals surface area contributed by atoms with Crippen LogP contribution in [-0.4, -0.2) is 42.2 Å². The molecule has 0 saturated carbocycles. The Morgan fingerprint density at radius 2 is 2.00 bits per heavy atom. The molecule has 1 amide bonds. The molecule has 1 atom stereocenters. The number of carbonyl (C=O) groups excluding carboxylic acids is 1. The zero-order chi connectivity index (χ0) is 20.5. The lowest BCUT2D eigenvalue weighted by molar-refractivity contribution is 0.0946. The van der Waals surface area contributed by atoms with Gasteiger partial charge in [-0.3, -0.25) is 9.48 Å². The maximum atomic E-state index is 12.6. The van der Waals surface area contributed by atoms with Crippen LogP contribution >= 0.6 is 0 Å². The number of nitrogens with one attached hydrogen (secondary N) is 1. The Morgan fingerprint density at radius 1 is 1.25 bits per heavy atom. The summed E-state index contributed by atoms with van der Waals surface area (Å²) >= 11 is 0. The lowest BCUT2D eigenvalue weighted by Gasteiger charge is -2.14. The van der Waals surface area contributed by atoms with Crippen LogP contribution in [0.1, 0.15) is 54.3 Å². The van der Waals surface area contributed by atoms with Crippen molar-refractivity contribution in [3.05, 3.63) is 41.1 Å². The Hall–Kier alpha value is -2.15. The predicted molar refractivity (Wildman–Crippen MR) is 111 cm³/mol. The molecule has 1 aromatic heterocycles. The lowest BCUT2D eigenvalue weighted by atomic mass is 10.0. The molecule has 2 heterocycles. The fraction of sp³-hybridized carbons (Fsp3) is 0.524. The fourth-order valence-corrected chi connectivity index (χ4v) is 5.13. The average molecular weight is 404 g/mol. The number of hydrogen-bond acceptors (Lipinski definition) is 4. The van der Waals surface area contributed by atoms with Crippen LogP contribution in [-0.2, 0) is 9.84 Å². The highest BCUT2D eigenvalue weighted by molar-refractivity contribution is 7.91. The number of nitrogens with zero attached hydrogens (tertiary/aromatic N) is 2. The number of hydrogen-bond donors (Lipinski definition) is 1. The summed E-state index contributed by atoms with van der Waals surface area (Å²) in [6.07, 6.45) is 1.42. The Kier molecular flexibility index (Phi) is 5.93. The van der Waals surface area contributed by atoms with Crippen LogP contribution in [0.5, 0.6) is 0 Å². The Bertz CT molecular complexity index is 977. The second-order valence-electron chi connectivity index (χ2n) is 8.15. The third-order valence-electron chi connectivity index (χ3n) is 5.33. The van der Waals surface area contributed by atoms with E-state index < -0.39 is 9.84 Å². The van der Waals surface area contributed by atoms with Gasteiger partial charge in [-0.15, -0.1) is 0 Å². The van der Waals surface area contributed by atoms with Gasteiger partial charge in [-0.25, -0.2) is 8.42 Å². The van der Waals surface area contributed by atoms with Crippen LogP contribution in [0, 0.1) is 19.8 Å². The van der Waals surface area contributed by atoms with Gasteiger partial charge >= 0.3 is 0 Å². The quantitative estimate of drug-likeness (QED) is 0.802. The second-order valence-corrected chi connectivity index (χ2v) is 10.4. The van der Waals surface area contributed by atoms with Gasteiger partial charge in [-0.1, -0.05) is 26.0 Å². The van der Waals surface area contributed by atoms with Crippen LogP contribution < -0.4 is 5.32 Å². The Balaban J connectivity index is 1.95. The molecule has 1 unspecified atom stereocenters. The molecule has 0 aliphatic carbocycles. The van der Waals surface area contributed by atoms with Gasteiger partial charge < -0.3 is 5.32 Å². The van der Waals surface area contributed by atoms with Crippen molar-refractivity contribution in [3.63, 3.8) is 0 Å². The molecule has 2 aromatic rings. The molecule has 28 heavy (non-hydrogen) atoms. The third-order valence-corrected chi connectivity index (χ3v) is 7.08. The van der Waals surface area contributed by atoms with Crippen molar-refractivity contribution in [3.8, 4) is 11.3 Å². The molecule has 6 nitrogen and oxygen atoms in total. The maximum Gasteiger partial charge on any atom is 0.271 e. The van der Waals surface area contributed by atoms with E-state index in [1.165, 1.54) is 5.56 Å². The summed E-state index contributed by atoms with van der Waals surface area (Å²) in [6.45, 7) is 8.91. The molecule has 1 N–H and O–H groups in total. The van der Waals surface area contributed by atoms with Crippen molar-refractivity contribution in [1.29, 1.82) is 0 Å². The molecule has 1 aliphatic rings. The smallest absolute Gasteiger partial charge is 0.271 e. The van der Waals surface area contributed by atoms with E-state index in [0.717, 1.165) is 23.2 Å². The van der Waals surface area contributed by atoms with E-state index in [1.807, 2.05) is 26.0 Å². The molecule has 1 aromatic carbocycles. The lowest BCUT2D eigenvalue weighted by Crippen LogP contribution is -2.26. The minimum Gasteiger partial charge on any atom is -0.351 e. The number of sulfone groups is 1. The number of benzene rings is 1. The zero-order valence-corrected chi connectivity index (χ0v) is 17.8. The van der Waals surface area contributed by atoms with Crippen molar-refractivity contribution in [2.24, 2.45) is 5.92 Å². The number of carbonyl (C=O) groups is 1. The minimum atomic E-state index is -3.05. The summed E-state index contributed by atoms with van der Waals surface area (Å²) < 4.78 is 25.7.